The van der Waals surface area contributed by atoms with Crippen molar-refractivity contribution in [2.75, 3.05) is 19.6 Å². The van der Waals surface area contributed by atoms with Gasteiger partial charge in [-0.25, -0.2) is 14.4 Å². The maximum Gasteiger partial charge on any atom is 0.410 e. The molecule has 2 N–H and O–H groups in total. The largest absolute Gasteiger partial charge is 0.480 e. The smallest absolute Gasteiger partial charge is 0.410 e. The zero-order valence-corrected chi connectivity index (χ0v) is 18.2. The Labute approximate surface area is 176 Å². The molecule has 170 valence electrons. The number of carbonyl (C=O) groups excluding carboxylic acids is 3. The summed E-state index contributed by atoms with van der Waals surface area (Å²) in [5.74, 6) is -2.77. The highest BCUT2D eigenvalue weighted by atomic mass is 16.7. The fourth-order valence-corrected chi connectivity index (χ4v) is 1.95. The molecule has 1 amide bonds. The molecule has 0 aliphatic rings. The number of esters is 1. The third-order valence-corrected chi connectivity index (χ3v) is 3.71. The van der Waals surface area contributed by atoms with Crippen molar-refractivity contribution in [1.82, 2.24) is 10.2 Å². The minimum Gasteiger partial charge on any atom is -0.480 e. The van der Waals surface area contributed by atoms with Crippen molar-refractivity contribution in [2.45, 2.75) is 59.8 Å². The normalized spacial score (nSPS) is 11.7. The van der Waals surface area contributed by atoms with Gasteiger partial charge in [0.2, 0.25) is 12.1 Å². The molecule has 11 nitrogen and oxygen atoms in total. The second kappa shape index (κ2) is 16.9. The number of carboxylic acids is 1. The Morgan fingerprint density at radius 3 is 2.07 bits per heavy atom. The monoisotopic (exact) mass is 428 g/mol. The Kier molecular flexibility index (Phi) is 16.4. The van der Waals surface area contributed by atoms with E-state index in [2.05, 4.69) is 46.5 Å². The minimum absolute atomic E-state index is 0.105. The lowest BCUT2D eigenvalue weighted by Gasteiger charge is -2.17. The van der Waals surface area contributed by atoms with Crippen LogP contribution in [0.2, 0.25) is 0 Å². The summed E-state index contributed by atoms with van der Waals surface area (Å²) >= 11 is 0. The molecule has 30 heavy (non-hydrogen) atoms. The van der Waals surface area contributed by atoms with Crippen LogP contribution in [0.5, 0.6) is 0 Å². The Morgan fingerprint density at radius 2 is 1.70 bits per heavy atom. The molecule has 0 saturated carbocycles. The van der Waals surface area contributed by atoms with Gasteiger partial charge < -0.3 is 30.3 Å². The Bertz CT molecular complexity index is 635. The average molecular weight is 428 g/mol. The second-order valence-electron chi connectivity index (χ2n) is 6.06. The molecule has 2 unspecified atom stereocenters. The van der Waals surface area contributed by atoms with Crippen LogP contribution in [0.25, 0.3) is 5.53 Å². The van der Waals surface area contributed by atoms with E-state index in [1.54, 1.807) is 0 Å². The molecule has 0 rings (SSSR count). The highest BCUT2D eigenvalue weighted by Crippen LogP contribution is 2.03. The van der Waals surface area contributed by atoms with Gasteiger partial charge in [-0.3, -0.25) is 4.79 Å². The third kappa shape index (κ3) is 14.9. The first-order chi connectivity index (χ1) is 14.0. The number of carbonyl (C=O) groups is 4. The number of hydrogen-bond donors (Lipinski definition) is 2. The van der Waals surface area contributed by atoms with E-state index in [9.17, 15) is 19.2 Å². The van der Waals surface area contributed by atoms with Crippen LogP contribution < -0.4 is 5.32 Å². The summed E-state index contributed by atoms with van der Waals surface area (Å²) < 4.78 is 9.34. The van der Waals surface area contributed by atoms with Crippen LogP contribution in [0.4, 0.5) is 4.79 Å². The molecule has 0 radical (unpaired) electrons. The third-order valence-electron chi connectivity index (χ3n) is 3.71. The molecular weight excluding hydrogens is 396 g/mol. The van der Waals surface area contributed by atoms with E-state index in [1.165, 1.54) is 33.5 Å². The van der Waals surface area contributed by atoms with Crippen LogP contribution in [0.15, 0.2) is 12.2 Å². The van der Waals surface area contributed by atoms with Crippen LogP contribution in [0.1, 0.15) is 47.5 Å². The van der Waals surface area contributed by atoms with Crippen LogP contribution >= 0.6 is 0 Å². The zero-order chi connectivity index (χ0) is 23.7. The van der Waals surface area contributed by atoms with E-state index >= 15 is 0 Å². The van der Waals surface area contributed by atoms with Gasteiger partial charge >= 0.3 is 24.2 Å². The van der Waals surface area contributed by atoms with Gasteiger partial charge in [0.1, 0.15) is 6.04 Å². The van der Waals surface area contributed by atoms with Gasteiger partial charge in [-0.15, -0.1) is 0 Å². The van der Waals surface area contributed by atoms with Gasteiger partial charge in [-0.2, -0.15) is 4.79 Å². The van der Waals surface area contributed by atoms with E-state index in [1.807, 2.05) is 5.32 Å². The van der Waals surface area contributed by atoms with Crippen molar-refractivity contribution in [3.05, 3.63) is 17.7 Å². The van der Waals surface area contributed by atoms with Crippen molar-refractivity contribution in [3.63, 3.8) is 0 Å². The van der Waals surface area contributed by atoms with E-state index in [0.717, 1.165) is 0 Å². The van der Waals surface area contributed by atoms with Gasteiger partial charge in [0.25, 0.3) is 0 Å². The molecule has 11 heteroatoms. The summed E-state index contributed by atoms with van der Waals surface area (Å²) in [5, 5.41) is 11.0. The zero-order valence-electron chi connectivity index (χ0n) is 18.2. The molecule has 0 aromatic carbocycles. The molecule has 0 spiro atoms. The molecule has 0 heterocycles. The molecule has 0 saturated heterocycles. The number of aliphatic carboxylic acids is 1. The molecule has 0 fully saturated rings. The van der Waals surface area contributed by atoms with Crippen molar-refractivity contribution >= 4 is 30.0 Å². The SMILES string of the molecule is C=C(C)C(=O)OC(C)OC(=O)NC(CCC(=O)C=[N+]=[N-])C(=O)O.CCN(CC)CC. The molecule has 0 aliphatic carbocycles. The van der Waals surface area contributed by atoms with E-state index < -0.39 is 36.1 Å². The van der Waals surface area contributed by atoms with Gasteiger partial charge in [-0.1, -0.05) is 27.4 Å². The predicted molar refractivity (Wildman–Crippen MR) is 109 cm³/mol. The number of alkyl carbamates (subject to hydrolysis) is 1. The molecule has 0 aliphatic heterocycles. The first-order valence-corrected chi connectivity index (χ1v) is 9.51. The van der Waals surface area contributed by atoms with Crippen LogP contribution in [0.3, 0.4) is 0 Å². The number of hydrogen-bond acceptors (Lipinski definition) is 7. The predicted octanol–water partition coefficient (Wildman–Crippen LogP) is 1.63. The number of nitrogens with zero attached hydrogens (tertiary/aromatic N) is 3. The molecular formula is C19H32N4O7. The number of nitrogens with one attached hydrogen (secondary N) is 1. The number of ketones is 1. The van der Waals surface area contributed by atoms with Gasteiger partial charge in [0.05, 0.1) is 0 Å². The molecule has 2 atom stereocenters. The van der Waals surface area contributed by atoms with E-state index in [0.29, 0.717) is 6.21 Å². The lowest BCUT2D eigenvalue weighted by atomic mass is 10.1. The first kappa shape index (κ1) is 29.2. The Hall–Kier alpha value is -3.04. The fraction of sp³-hybridized carbons (Fsp3) is 0.632. The van der Waals surface area contributed by atoms with Gasteiger partial charge in [0.15, 0.2) is 0 Å². The fourth-order valence-electron chi connectivity index (χ4n) is 1.95. The molecule has 0 aromatic rings. The second-order valence-corrected chi connectivity index (χ2v) is 6.06. The summed E-state index contributed by atoms with van der Waals surface area (Å²) in [5.41, 5.74) is 8.27. The highest BCUT2D eigenvalue weighted by Gasteiger charge is 2.23. The number of amides is 1. The van der Waals surface area contributed by atoms with E-state index in [-0.39, 0.29) is 18.4 Å². The Balaban J connectivity index is 0. The summed E-state index contributed by atoms with van der Waals surface area (Å²) in [6, 6.07) is -1.40. The summed E-state index contributed by atoms with van der Waals surface area (Å²) in [6.07, 6.45) is -2.27. The first-order valence-electron chi connectivity index (χ1n) is 9.51. The number of Topliss-reactive ketones (excluding diaryl/α,β-unsaturated/α-hetero) is 1. The average Bonchev–Trinajstić information content (AvgIpc) is 2.66. The number of ether oxygens (including phenoxy) is 2. The van der Waals surface area contributed by atoms with Crippen molar-refractivity contribution in [2.24, 2.45) is 0 Å². The van der Waals surface area contributed by atoms with Crippen LogP contribution in [-0.4, -0.2) is 76.8 Å². The minimum atomic E-state index is -1.40. The molecule has 0 bridgehead atoms. The van der Waals surface area contributed by atoms with Crippen LogP contribution in [-0.2, 0) is 23.9 Å². The van der Waals surface area contributed by atoms with Gasteiger partial charge in [0, 0.05) is 18.9 Å². The van der Waals surface area contributed by atoms with Gasteiger partial charge in [-0.05, 0) is 33.0 Å². The number of rotatable bonds is 12. The maximum atomic E-state index is 11.5. The highest BCUT2D eigenvalue weighted by molar-refractivity contribution is 6.25. The van der Waals surface area contributed by atoms with E-state index in [4.69, 9.17) is 10.6 Å². The summed E-state index contributed by atoms with van der Waals surface area (Å²) in [6.45, 7) is 16.1. The van der Waals surface area contributed by atoms with Crippen LogP contribution in [0, 0.1) is 0 Å². The lowest BCUT2D eigenvalue weighted by Crippen LogP contribution is -2.42. The maximum absolute atomic E-state index is 11.5. The summed E-state index contributed by atoms with van der Waals surface area (Å²) in [7, 11) is 0. The Morgan fingerprint density at radius 1 is 1.17 bits per heavy atom. The lowest BCUT2D eigenvalue weighted by molar-refractivity contribution is -0.160. The molecule has 0 aromatic heterocycles. The van der Waals surface area contributed by atoms with Crippen molar-refractivity contribution in [3.8, 4) is 0 Å². The topological polar surface area (TPSA) is 159 Å². The number of carboxylic acid groups (broad SMARTS) is 1. The quantitative estimate of drug-likeness (QED) is 0.118. The van der Waals surface area contributed by atoms with Crippen molar-refractivity contribution < 1.29 is 38.5 Å². The van der Waals surface area contributed by atoms with Crippen molar-refractivity contribution in [1.29, 1.82) is 0 Å². The summed E-state index contributed by atoms with van der Waals surface area (Å²) in [4.78, 5) is 49.7. The standard InChI is InChI=1S/C13H17N3O7.C6H15N/c1-7(2)12(20)22-8(3)23-13(21)16-10(11(18)19)5-4-9(17)6-15-14;1-4-7(5-2)6-3/h6,8,10H,1,4-5H2,2-3H3,(H,16,21)(H,18,19);4-6H2,1-3H3.